The molecule has 0 rings (SSSR count). The summed E-state index contributed by atoms with van der Waals surface area (Å²) < 4.78 is 0. The van der Waals surface area contributed by atoms with Gasteiger partial charge in [-0.2, -0.15) is 0 Å². The maximum atomic E-state index is 11.9. The number of carbonyl (C=O) groups excluding carboxylic acids is 3. The van der Waals surface area contributed by atoms with Crippen LogP contribution in [0.3, 0.4) is 0 Å². The Kier molecular flexibility index (Phi) is 17.4. The molecular formula is C22H45FeN7O3+. The smallest absolute Gasteiger partial charge is 0.444 e. The Morgan fingerprint density at radius 2 is 0.788 bits per heavy atom. The summed E-state index contributed by atoms with van der Waals surface area (Å²) >= 11 is 0. The summed E-state index contributed by atoms with van der Waals surface area (Å²) in [4.78, 5) is 37.6. The number of amides is 6. The fraction of sp³-hybridized carbons (Fsp3) is 0.818. The van der Waals surface area contributed by atoms with Gasteiger partial charge in [-0.15, -0.1) is 0 Å². The molecule has 0 atom stereocenters. The molecule has 0 aromatic carbocycles. The predicted molar refractivity (Wildman–Crippen MR) is 132 cm³/mol. The van der Waals surface area contributed by atoms with Crippen molar-refractivity contribution in [2.45, 2.75) is 78.9 Å². The molecule has 0 aliphatic carbocycles. The summed E-state index contributed by atoms with van der Waals surface area (Å²) in [6.07, 6.45) is 0. The van der Waals surface area contributed by atoms with Gasteiger partial charge in [-0.1, -0.05) is 62.3 Å². The Labute approximate surface area is 212 Å². The van der Waals surface area contributed by atoms with Crippen LogP contribution in [-0.2, 0) is 17.1 Å². The summed E-state index contributed by atoms with van der Waals surface area (Å²) in [5.41, 5.74) is -1.05. The van der Waals surface area contributed by atoms with Gasteiger partial charge in [0.15, 0.2) is 18.1 Å². The number of rotatable bonds is 9. The first kappa shape index (κ1) is 35.9. The molecule has 0 aliphatic rings. The third-order valence-corrected chi connectivity index (χ3v) is 3.46. The Balaban J connectivity index is -0.00000450. The van der Waals surface area contributed by atoms with Crippen molar-refractivity contribution in [1.82, 2.24) is 20.9 Å². The zero-order chi connectivity index (χ0) is 24.3. The topological polar surface area (TPSA) is 133 Å². The van der Waals surface area contributed by atoms with Gasteiger partial charge in [0.2, 0.25) is 0 Å². The summed E-state index contributed by atoms with van der Waals surface area (Å²) in [6.45, 7) is 19.4. The largest absolute Gasteiger partial charge is 5.00 e. The number of urea groups is 3. The van der Waals surface area contributed by atoms with Crippen LogP contribution < -0.4 is 16.0 Å². The van der Waals surface area contributed by atoms with Gasteiger partial charge < -0.3 is 44.2 Å². The van der Waals surface area contributed by atoms with Crippen molar-refractivity contribution in [3.63, 3.8) is 0 Å². The summed E-state index contributed by atoms with van der Waals surface area (Å²) in [5.74, 6) is 0. The van der Waals surface area contributed by atoms with E-state index in [0.29, 0.717) is 39.3 Å². The fourth-order valence-electron chi connectivity index (χ4n) is 2.30. The molecule has 0 unspecified atom stereocenters. The third-order valence-electron chi connectivity index (χ3n) is 3.46. The molecule has 0 spiro atoms. The second-order valence-electron chi connectivity index (χ2n) is 10.5. The molecule has 10 nitrogen and oxygen atoms in total. The molecule has 0 bridgehead atoms. The van der Waals surface area contributed by atoms with E-state index < -0.39 is 0 Å². The van der Waals surface area contributed by atoms with E-state index in [0.717, 1.165) is 0 Å². The second-order valence-corrected chi connectivity index (χ2v) is 10.5. The first-order chi connectivity index (χ1) is 14.0. The second kappa shape index (κ2) is 16.0. The molecule has 0 heterocycles. The van der Waals surface area contributed by atoms with Gasteiger partial charge in [-0.05, 0) is 55.9 Å². The van der Waals surface area contributed by atoms with Gasteiger partial charge in [0, 0.05) is 0 Å². The van der Waals surface area contributed by atoms with Gasteiger partial charge in [0.25, 0.3) is 0 Å². The van der Waals surface area contributed by atoms with E-state index in [4.69, 9.17) is 0 Å². The van der Waals surface area contributed by atoms with E-state index in [1.165, 1.54) is 0 Å². The van der Waals surface area contributed by atoms with E-state index in [2.05, 4.69) is 31.9 Å². The van der Waals surface area contributed by atoms with Crippen LogP contribution in [0.15, 0.2) is 0 Å². The SMILES string of the molecule is CC(C)(C)NC(=O)[N-]CCN(CC[N-]C(=O)NC(C)(C)C)CC[N-]C(=O)NC(C)(C)C.[CH3-].[Fe+5]. The molecule has 0 aromatic heterocycles. The number of carbonyl (C=O) groups is 3. The Morgan fingerprint density at radius 1 is 0.576 bits per heavy atom. The molecule has 11 heteroatoms. The molecular weight excluding hydrogens is 466 g/mol. The number of nitrogens with zero attached hydrogens (tertiary/aromatic N) is 4. The van der Waals surface area contributed by atoms with E-state index >= 15 is 0 Å². The van der Waals surface area contributed by atoms with Crippen LogP contribution in [0.25, 0.3) is 16.0 Å². The van der Waals surface area contributed by atoms with Crippen molar-refractivity contribution in [1.29, 1.82) is 0 Å². The van der Waals surface area contributed by atoms with Crippen LogP contribution in [0.4, 0.5) is 14.4 Å². The summed E-state index contributed by atoms with van der Waals surface area (Å²) in [5, 5.41) is 20.4. The first-order valence-corrected chi connectivity index (χ1v) is 10.7. The maximum absolute atomic E-state index is 11.9. The minimum Gasteiger partial charge on any atom is -0.444 e. The average Bonchev–Trinajstić information content (AvgIpc) is 2.49. The van der Waals surface area contributed by atoms with Crippen LogP contribution in [0.5, 0.6) is 0 Å². The van der Waals surface area contributed by atoms with Crippen LogP contribution in [-0.4, -0.2) is 78.9 Å². The fourth-order valence-corrected chi connectivity index (χ4v) is 2.30. The van der Waals surface area contributed by atoms with Crippen LogP contribution in [0.1, 0.15) is 62.3 Å². The van der Waals surface area contributed by atoms with E-state index in [-0.39, 0.29) is 59.2 Å². The molecule has 0 fully saturated rings. The first-order valence-electron chi connectivity index (χ1n) is 10.7. The maximum Gasteiger partial charge on any atom is 5.00 e. The van der Waals surface area contributed by atoms with Gasteiger partial charge in [-0.25, -0.2) is 0 Å². The number of hydrogen-bond donors (Lipinski definition) is 3. The standard InChI is InChI=1S/C21H45N7O3.CH3.Fe/c1-19(2,3)25-16(29)22-10-13-28(14-11-23-17(30)26-20(4,5)6)15-12-24-18(31)27-21(7,8)9;;/h10-15H2,1-9H3,(H6,22,23,24,25,26,27,29,30,31);1H3;/q;-1;+5/p-3. The molecule has 0 aliphatic heterocycles. The van der Waals surface area contributed by atoms with Crippen LogP contribution in [0.2, 0.25) is 0 Å². The Bertz CT molecular complexity index is 501. The van der Waals surface area contributed by atoms with Crippen molar-refractivity contribution < 1.29 is 31.5 Å². The summed E-state index contributed by atoms with van der Waals surface area (Å²) in [6, 6.07) is -1.09. The zero-order valence-corrected chi connectivity index (χ0v) is 23.2. The normalized spacial score (nSPS) is 11.5. The number of hydrogen-bond acceptors (Lipinski definition) is 4. The number of nitrogens with one attached hydrogen (secondary N) is 3. The predicted octanol–water partition coefficient (Wildman–Crippen LogP) is 4.38. The van der Waals surface area contributed by atoms with Crippen LogP contribution >= 0.6 is 0 Å². The minimum atomic E-state index is -0.365. The van der Waals surface area contributed by atoms with Crippen molar-refractivity contribution in [3.8, 4) is 0 Å². The molecule has 0 aromatic rings. The van der Waals surface area contributed by atoms with Crippen molar-refractivity contribution in [2.75, 3.05) is 39.3 Å². The summed E-state index contributed by atoms with van der Waals surface area (Å²) in [7, 11) is 0. The van der Waals surface area contributed by atoms with Gasteiger partial charge >= 0.3 is 17.1 Å². The monoisotopic (exact) mass is 511 g/mol. The van der Waals surface area contributed by atoms with Crippen molar-refractivity contribution >= 4 is 18.1 Å². The van der Waals surface area contributed by atoms with Crippen molar-refractivity contribution in [3.05, 3.63) is 23.4 Å². The zero-order valence-electron chi connectivity index (χ0n) is 22.1. The van der Waals surface area contributed by atoms with Gasteiger partial charge in [0.1, 0.15) is 0 Å². The minimum absolute atomic E-state index is 0. The molecule has 3 N–H and O–H groups in total. The Morgan fingerprint density at radius 3 is 0.970 bits per heavy atom. The van der Waals surface area contributed by atoms with Crippen LogP contribution in [0, 0.1) is 7.43 Å². The molecule has 0 saturated heterocycles. The quantitative estimate of drug-likeness (QED) is 0.313. The van der Waals surface area contributed by atoms with Gasteiger partial charge in [0.05, 0.1) is 0 Å². The van der Waals surface area contributed by atoms with Gasteiger partial charge in [-0.3, -0.25) is 14.4 Å². The Hall–Kier alpha value is -1.71. The van der Waals surface area contributed by atoms with E-state index in [1.807, 2.05) is 67.2 Å². The molecule has 33 heavy (non-hydrogen) atoms. The molecule has 6 amide bonds. The van der Waals surface area contributed by atoms with E-state index in [1.54, 1.807) is 0 Å². The van der Waals surface area contributed by atoms with E-state index in [9.17, 15) is 14.4 Å². The van der Waals surface area contributed by atoms with Crippen molar-refractivity contribution in [2.24, 2.45) is 0 Å². The molecule has 0 saturated carbocycles. The molecule has 193 valence electrons. The third kappa shape index (κ3) is 24.8. The molecule has 1 radical (unpaired) electrons. The average molecular weight is 511 g/mol.